The molecule has 0 spiro atoms. The molecule has 3 nitrogen and oxygen atoms in total. The van der Waals surface area contributed by atoms with Crippen molar-refractivity contribution in [3.8, 4) is 0 Å². The highest BCUT2D eigenvalue weighted by Crippen LogP contribution is 2.23. The highest BCUT2D eigenvalue weighted by Gasteiger charge is 2.28. The lowest BCUT2D eigenvalue weighted by Gasteiger charge is -2.43. The van der Waals surface area contributed by atoms with Crippen LogP contribution in [0.5, 0.6) is 0 Å². The van der Waals surface area contributed by atoms with Crippen LogP contribution in [-0.2, 0) is 0 Å². The van der Waals surface area contributed by atoms with Crippen molar-refractivity contribution >= 4 is 11.8 Å². The van der Waals surface area contributed by atoms with Gasteiger partial charge in [-0.1, -0.05) is 36.4 Å². The molecule has 2 aromatic carbocycles. The molecule has 0 bridgehead atoms. The van der Waals surface area contributed by atoms with E-state index in [0.717, 1.165) is 57.1 Å². The van der Waals surface area contributed by atoms with Crippen LogP contribution in [0.1, 0.15) is 18.4 Å². The molecule has 0 aromatic heterocycles. The molecule has 1 unspecified atom stereocenters. The second-order valence-corrected chi connectivity index (χ2v) is 7.98. The summed E-state index contributed by atoms with van der Waals surface area (Å²) in [5, 5.41) is 0. The fourth-order valence-corrected chi connectivity index (χ4v) is 4.44. The van der Waals surface area contributed by atoms with Crippen molar-refractivity contribution in [2.45, 2.75) is 18.9 Å². The van der Waals surface area contributed by atoms with E-state index in [-0.39, 0.29) is 11.6 Å². The van der Waals surface area contributed by atoms with E-state index in [4.69, 9.17) is 0 Å². The normalized spacial score (nSPS) is 21.7. The van der Waals surface area contributed by atoms with Crippen LogP contribution in [0.4, 0.5) is 14.5 Å². The van der Waals surface area contributed by atoms with Gasteiger partial charge in [-0.2, -0.15) is 0 Å². The number of likely N-dealkylation sites (tertiary alicyclic amines) is 1. The lowest BCUT2D eigenvalue weighted by Crippen LogP contribution is -2.55. The summed E-state index contributed by atoms with van der Waals surface area (Å²) < 4.78 is 27.1. The topological polar surface area (TPSA) is 9.72 Å². The minimum atomic E-state index is -0.198. The predicted molar refractivity (Wildman–Crippen MR) is 115 cm³/mol. The van der Waals surface area contributed by atoms with Crippen LogP contribution < -0.4 is 4.90 Å². The first-order chi connectivity index (χ1) is 14.2. The van der Waals surface area contributed by atoms with Crippen molar-refractivity contribution in [2.24, 2.45) is 0 Å². The average Bonchev–Trinajstić information content (AvgIpc) is 2.76. The molecule has 2 heterocycles. The van der Waals surface area contributed by atoms with Gasteiger partial charge in [0.2, 0.25) is 0 Å². The summed E-state index contributed by atoms with van der Waals surface area (Å²) in [6.45, 7) is 6.84. The van der Waals surface area contributed by atoms with Crippen molar-refractivity contribution in [3.05, 3.63) is 71.8 Å². The first-order valence-electron chi connectivity index (χ1n) is 10.6. The highest BCUT2D eigenvalue weighted by atomic mass is 19.1. The fraction of sp³-hybridized carbons (Fsp3) is 0.417. The third kappa shape index (κ3) is 5.22. The maximum atomic E-state index is 14.1. The molecule has 2 saturated heterocycles. The van der Waals surface area contributed by atoms with Crippen molar-refractivity contribution in [2.75, 3.05) is 50.7 Å². The second kappa shape index (κ2) is 9.51. The van der Waals surface area contributed by atoms with Gasteiger partial charge in [0.15, 0.2) is 0 Å². The van der Waals surface area contributed by atoms with Crippen LogP contribution in [0.3, 0.4) is 0 Å². The van der Waals surface area contributed by atoms with E-state index in [9.17, 15) is 8.78 Å². The molecule has 154 valence electrons. The maximum absolute atomic E-state index is 14.1. The van der Waals surface area contributed by atoms with E-state index < -0.39 is 0 Å². The summed E-state index contributed by atoms with van der Waals surface area (Å²) in [7, 11) is 0. The van der Waals surface area contributed by atoms with E-state index >= 15 is 0 Å². The molecule has 4 rings (SSSR count). The monoisotopic (exact) mass is 397 g/mol. The number of hydrogen-bond acceptors (Lipinski definition) is 3. The molecule has 5 heteroatoms. The first-order valence-corrected chi connectivity index (χ1v) is 10.6. The molecule has 2 aliphatic rings. The average molecular weight is 398 g/mol. The predicted octanol–water partition coefficient (Wildman–Crippen LogP) is 4.26. The quantitative estimate of drug-likeness (QED) is 0.746. The van der Waals surface area contributed by atoms with E-state index in [1.165, 1.54) is 25.0 Å². The minimum absolute atomic E-state index is 0.127. The number of piperazine rings is 1. The van der Waals surface area contributed by atoms with E-state index in [2.05, 4.69) is 26.9 Å². The fourth-order valence-electron chi connectivity index (χ4n) is 4.44. The van der Waals surface area contributed by atoms with Crippen LogP contribution in [-0.4, -0.2) is 61.7 Å². The Balaban J connectivity index is 1.27. The number of piperidine rings is 1. The number of halogens is 2. The van der Waals surface area contributed by atoms with Crippen LogP contribution in [0.25, 0.3) is 6.08 Å². The zero-order valence-corrected chi connectivity index (χ0v) is 16.8. The summed E-state index contributed by atoms with van der Waals surface area (Å²) in [6.07, 6.45) is 6.68. The Bertz CT molecular complexity index is 813. The number of para-hydroxylation sites is 1. The molecular formula is C24H29F2N3. The summed E-state index contributed by atoms with van der Waals surface area (Å²) >= 11 is 0. The molecule has 29 heavy (non-hydrogen) atoms. The molecular weight excluding hydrogens is 368 g/mol. The SMILES string of the molecule is Fc1ccc(/C=C/CN2CCCC(N3CCN(c4ccccc4F)CC3)C2)cc1. The Morgan fingerprint density at radius 2 is 1.66 bits per heavy atom. The van der Waals surface area contributed by atoms with Crippen molar-refractivity contribution in [1.29, 1.82) is 0 Å². The zero-order chi connectivity index (χ0) is 20.1. The van der Waals surface area contributed by atoms with Crippen LogP contribution in [0.2, 0.25) is 0 Å². The Hall–Kier alpha value is -2.24. The number of benzene rings is 2. The Kier molecular flexibility index (Phi) is 6.57. The number of anilines is 1. The Labute approximate surface area is 172 Å². The third-order valence-corrected chi connectivity index (χ3v) is 6.05. The molecule has 0 radical (unpaired) electrons. The molecule has 2 aromatic rings. The van der Waals surface area contributed by atoms with Crippen LogP contribution in [0.15, 0.2) is 54.6 Å². The van der Waals surface area contributed by atoms with Gasteiger partial charge in [0.25, 0.3) is 0 Å². The molecule has 0 saturated carbocycles. The summed E-state index contributed by atoms with van der Waals surface area (Å²) in [6, 6.07) is 14.3. The van der Waals surface area contributed by atoms with Crippen molar-refractivity contribution < 1.29 is 8.78 Å². The first kappa shape index (κ1) is 20.0. The van der Waals surface area contributed by atoms with E-state index in [0.29, 0.717) is 6.04 Å². The highest BCUT2D eigenvalue weighted by molar-refractivity contribution is 5.49. The van der Waals surface area contributed by atoms with Gasteiger partial charge in [-0.05, 0) is 49.2 Å². The van der Waals surface area contributed by atoms with Crippen molar-refractivity contribution in [1.82, 2.24) is 9.80 Å². The van der Waals surface area contributed by atoms with Gasteiger partial charge in [-0.25, -0.2) is 8.78 Å². The van der Waals surface area contributed by atoms with E-state index in [1.807, 2.05) is 12.1 Å². The standard InChI is InChI=1S/C24H29F2N3/c25-21-11-9-20(10-12-21)5-3-13-27-14-4-6-22(19-27)28-15-17-29(18-16-28)24-8-2-1-7-23(24)26/h1-3,5,7-12,22H,4,6,13-19H2/b5-3+. The third-order valence-electron chi connectivity index (χ3n) is 6.05. The number of nitrogens with zero attached hydrogens (tertiary/aromatic N) is 3. The summed E-state index contributed by atoms with van der Waals surface area (Å²) in [4.78, 5) is 7.24. The van der Waals surface area contributed by atoms with Gasteiger partial charge in [-0.3, -0.25) is 9.80 Å². The molecule has 0 amide bonds. The van der Waals surface area contributed by atoms with Gasteiger partial charge in [0, 0.05) is 45.3 Å². The maximum Gasteiger partial charge on any atom is 0.146 e. The van der Waals surface area contributed by atoms with Crippen molar-refractivity contribution in [3.63, 3.8) is 0 Å². The summed E-state index contributed by atoms with van der Waals surface area (Å²) in [5.74, 6) is -0.325. The van der Waals surface area contributed by atoms with Gasteiger partial charge in [-0.15, -0.1) is 0 Å². The number of hydrogen-bond donors (Lipinski definition) is 0. The van der Waals surface area contributed by atoms with Gasteiger partial charge in [0.1, 0.15) is 11.6 Å². The van der Waals surface area contributed by atoms with Crippen LogP contribution >= 0.6 is 0 Å². The molecule has 2 aliphatic heterocycles. The molecule has 0 aliphatic carbocycles. The Morgan fingerprint density at radius 1 is 0.897 bits per heavy atom. The lowest BCUT2D eigenvalue weighted by atomic mass is 10.0. The van der Waals surface area contributed by atoms with Gasteiger partial charge < -0.3 is 4.90 Å². The number of rotatable bonds is 5. The van der Waals surface area contributed by atoms with E-state index in [1.54, 1.807) is 24.3 Å². The smallest absolute Gasteiger partial charge is 0.146 e. The van der Waals surface area contributed by atoms with Gasteiger partial charge in [0.05, 0.1) is 5.69 Å². The lowest BCUT2D eigenvalue weighted by molar-refractivity contribution is 0.0990. The van der Waals surface area contributed by atoms with Crippen LogP contribution in [0, 0.1) is 11.6 Å². The molecule has 1 atom stereocenters. The molecule has 0 N–H and O–H groups in total. The minimum Gasteiger partial charge on any atom is -0.367 e. The molecule has 2 fully saturated rings. The van der Waals surface area contributed by atoms with Gasteiger partial charge >= 0.3 is 0 Å². The summed E-state index contributed by atoms with van der Waals surface area (Å²) in [5.41, 5.74) is 1.76. The largest absolute Gasteiger partial charge is 0.367 e. The second-order valence-electron chi connectivity index (χ2n) is 7.98. The zero-order valence-electron chi connectivity index (χ0n) is 16.8. The Morgan fingerprint density at radius 3 is 2.41 bits per heavy atom.